The highest BCUT2D eigenvalue weighted by Gasteiger charge is 2.32. The molecule has 0 N–H and O–H groups in total. The average Bonchev–Trinajstić information content (AvgIpc) is 2.96. The van der Waals surface area contributed by atoms with Crippen molar-refractivity contribution >= 4 is 21.0 Å². The van der Waals surface area contributed by atoms with Gasteiger partial charge in [-0.25, -0.2) is 23.4 Å². The van der Waals surface area contributed by atoms with Gasteiger partial charge in [-0.3, -0.25) is 0 Å². The van der Waals surface area contributed by atoms with Crippen LogP contribution >= 0.6 is 0 Å². The molecule has 0 amide bonds. The smallest absolute Gasteiger partial charge is 0.417 e. The predicted octanol–water partition coefficient (Wildman–Crippen LogP) is 2.85. The minimum atomic E-state index is -4.56. The molecule has 0 aliphatic heterocycles. The van der Waals surface area contributed by atoms with Gasteiger partial charge in [0.25, 0.3) is 0 Å². The highest BCUT2D eigenvalue weighted by molar-refractivity contribution is 7.91. The summed E-state index contributed by atoms with van der Waals surface area (Å²) < 4.78 is 70.1. The number of aryl methyl sites for hydroxylation is 1. The van der Waals surface area contributed by atoms with E-state index in [0.717, 1.165) is 12.3 Å². The molecule has 0 aliphatic rings. The summed E-state index contributed by atoms with van der Waals surface area (Å²) in [5, 5.41) is 0. The Labute approximate surface area is 152 Å². The topological polar surface area (TPSA) is 87.0 Å². The highest BCUT2D eigenvalue weighted by atomic mass is 32.2. The Kier molecular flexibility index (Phi) is 4.58. The van der Waals surface area contributed by atoms with Gasteiger partial charge in [-0.15, -0.1) is 0 Å². The molecule has 3 heterocycles. The number of aromatic nitrogens is 4. The zero-order chi connectivity index (χ0) is 20.0. The third-order valence-electron chi connectivity index (χ3n) is 4.04. The van der Waals surface area contributed by atoms with E-state index in [1.54, 1.807) is 7.05 Å². The Hall–Kier alpha value is -2.69. The van der Waals surface area contributed by atoms with E-state index in [4.69, 9.17) is 4.74 Å². The molecule has 0 unspecified atom stereocenters. The second kappa shape index (κ2) is 6.48. The lowest BCUT2D eigenvalue weighted by atomic mass is 10.2. The summed E-state index contributed by atoms with van der Waals surface area (Å²) in [6.07, 6.45) is -2.69. The summed E-state index contributed by atoms with van der Waals surface area (Å²) in [5.41, 5.74) is -0.572. The minimum absolute atomic E-state index is 0.00190. The van der Waals surface area contributed by atoms with Crippen LogP contribution in [0.15, 0.2) is 29.4 Å². The van der Waals surface area contributed by atoms with Gasteiger partial charge >= 0.3 is 6.18 Å². The number of nitrogens with zero attached hydrogens (tertiary/aromatic N) is 4. The first kappa shape index (κ1) is 19.1. The van der Waals surface area contributed by atoms with Crippen molar-refractivity contribution in [2.45, 2.75) is 18.0 Å². The van der Waals surface area contributed by atoms with E-state index in [0.29, 0.717) is 6.20 Å². The summed E-state index contributed by atoms with van der Waals surface area (Å²) in [4.78, 5) is 11.9. The Balaban J connectivity index is 2.30. The maximum Gasteiger partial charge on any atom is 0.417 e. The van der Waals surface area contributed by atoms with Gasteiger partial charge in [0.1, 0.15) is 11.3 Å². The molecule has 0 saturated heterocycles. The van der Waals surface area contributed by atoms with Gasteiger partial charge in [0.05, 0.1) is 29.5 Å². The molecule has 3 aromatic heterocycles. The number of rotatable bonds is 4. The standard InChI is InChI=1S/C16H15F3N4O3S/c1-4-27(24,25)12-8-20-13(26-3)6-10(12)14-22-11-5-9(16(17,18)19)7-21-15(11)23(14)2/h5-8H,4H2,1-3H3. The highest BCUT2D eigenvalue weighted by Crippen LogP contribution is 2.34. The molecule has 0 aliphatic carbocycles. The number of hydrogen-bond acceptors (Lipinski definition) is 6. The van der Waals surface area contributed by atoms with E-state index in [-0.39, 0.29) is 39.1 Å². The lowest BCUT2D eigenvalue weighted by Crippen LogP contribution is -2.08. The lowest BCUT2D eigenvalue weighted by molar-refractivity contribution is -0.137. The van der Waals surface area contributed by atoms with Gasteiger partial charge in [-0.05, 0) is 6.07 Å². The van der Waals surface area contributed by atoms with Crippen LogP contribution in [0, 0.1) is 0 Å². The van der Waals surface area contributed by atoms with Crippen LogP contribution in [0.5, 0.6) is 5.88 Å². The van der Waals surface area contributed by atoms with Crippen molar-refractivity contribution < 1.29 is 26.3 Å². The molecule has 7 nitrogen and oxygen atoms in total. The van der Waals surface area contributed by atoms with E-state index in [9.17, 15) is 21.6 Å². The minimum Gasteiger partial charge on any atom is -0.481 e. The number of imidazole rings is 1. The van der Waals surface area contributed by atoms with Crippen molar-refractivity contribution in [2.75, 3.05) is 12.9 Å². The Bertz CT molecular complexity index is 1120. The van der Waals surface area contributed by atoms with Crippen LogP contribution in [0.4, 0.5) is 13.2 Å². The largest absolute Gasteiger partial charge is 0.481 e. The number of methoxy groups -OCH3 is 1. The first-order valence-electron chi connectivity index (χ1n) is 7.75. The molecular formula is C16H15F3N4O3S. The Morgan fingerprint density at radius 3 is 2.48 bits per heavy atom. The maximum absolute atomic E-state index is 12.9. The number of halogens is 3. The van der Waals surface area contributed by atoms with Crippen LogP contribution in [0.2, 0.25) is 0 Å². The van der Waals surface area contributed by atoms with Gasteiger partial charge in [-0.2, -0.15) is 13.2 Å². The quantitative estimate of drug-likeness (QED) is 0.669. The number of alkyl halides is 3. The number of pyridine rings is 2. The van der Waals surface area contributed by atoms with Crippen LogP contribution in [0.3, 0.4) is 0 Å². The maximum atomic E-state index is 12.9. The molecular weight excluding hydrogens is 385 g/mol. The van der Waals surface area contributed by atoms with Crippen molar-refractivity contribution in [1.29, 1.82) is 0 Å². The fraction of sp³-hybridized carbons (Fsp3) is 0.312. The molecule has 0 aromatic carbocycles. The first-order valence-corrected chi connectivity index (χ1v) is 9.40. The van der Waals surface area contributed by atoms with Crippen LogP contribution < -0.4 is 4.74 Å². The summed E-state index contributed by atoms with van der Waals surface area (Å²) in [6, 6.07) is 2.26. The van der Waals surface area contributed by atoms with Crippen molar-refractivity contribution in [3.8, 4) is 17.3 Å². The number of sulfone groups is 1. The third kappa shape index (κ3) is 3.34. The van der Waals surface area contributed by atoms with Crippen LogP contribution in [0.1, 0.15) is 12.5 Å². The van der Waals surface area contributed by atoms with E-state index in [2.05, 4.69) is 15.0 Å². The Morgan fingerprint density at radius 1 is 1.19 bits per heavy atom. The van der Waals surface area contributed by atoms with Gasteiger partial charge in [-0.1, -0.05) is 6.92 Å². The van der Waals surface area contributed by atoms with E-state index in [1.807, 2.05) is 0 Å². The van der Waals surface area contributed by atoms with Crippen LogP contribution in [0.25, 0.3) is 22.6 Å². The Morgan fingerprint density at radius 2 is 1.89 bits per heavy atom. The van der Waals surface area contributed by atoms with Gasteiger partial charge in [0.15, 0.2) is 15.5 Å². The second-order valence-electron chi connectivity index (χ2n) is 5.69. The number of fused-ring (bicyclic) bond motifs is 1. The van der Waals surface area contributed by atoms with E-state index >= 15 is 0 Å². The molecule has 27 heavy (non-hydrogen) atoms. The number of ether oxygens (including phenoxy) is 1. The molecule has 3 rings (SSSR count). The van der Waals surface area contributed by atoms with Crippen molar-refractivity contribution in [2.24, 2.45) is 7.05 Å². The molecule has 0 bridgehead atoms. The predicted molar refractivity (Wildman–Crippen MR) is 91.0 cm³/mol. The molecule has 0 radical (unpaired) electrons. The molecule has 0 saturated carbocycles. The van der Waals surface area contributed by atoms with Gasteiger partial charge in [0, 0.05) is 24.9 Å². The summed E-state index contributed by atoms with van der Waals surface area (Å²) in [7, 11) is -0.750. The van der Waals surface area contributed by atoms with Crippen molar-refractivity contribution in [1.82, 2.24) is 19.5 Å². The molecule has 0 fully saturated rings. The second-order valence-corrected chi connectivity index (χ2v) is 7.93. The van der Waals surface area contributed by atoms with E-state index < -0.39 is 21.6 Å². The number of hydrogen-bond donors (Lipinski definition) is 0. The van der Waals surface area contributed by atoms with E-state index in [1.165, 1.54) is 24.7 Å². The SMILES string of the molecule is CCS(=O)(=O)c1cnc(OC)cc1-c1nc2cc(C(F)(F)F)cnc2n1C. The van der Waals surface area contributed by atoms with Gasteiger partial charge in [0.2, 0.25) is 5.88 Å². The monoisotopic (exact) mass is 400 g/mol. The summed E-state index contributed by atoms with van der Waals surface area (Å²) >= 11 is 0. The summed E-state index contributed by atoms with van der Waals surface area (Å²) in [5.74, 6) is 0.120. The zero-order valence-electron chi connectivity index (χ0n) is 14.6. The van der Waals surface area contributed by atoms with Crippen LogP contribution in [-0.2, 0) is 23.1 Å². The summed E-state index contributed by atoms with van der Waals surface area (Å²) in [6.45, 7) is 1.48. The van der Waals surface area contributed by atoms with Gasteiger partial charge < -0.3 is 9.30 Å². The zero-order valence-corrected chi connectivity index (χ0v) is 15.4. The lowest BCUT2D eigenvalue weighted by Gasteiger charge is -2.10. The fourth-order valence-corrected chi connectivity index (χ4v) is 3.59. The molecule has 11 heteroatoms. The molecule has 0 spiro atoms. The molecule has 3 aromatic rings. The third-order valence-corrected chi connectivity index (χ3v) is 5.80. The van der Waals surface area contributed by atoms with Crippen molar-refractivity contribution in [3.63, 3.8) is 0 Å². The average molecular weight is 400 g/mol. The van der Waals surface area contributed by atoms with Crippen LogP contribution in [-0.4, -0.2) is 40.8 Å². The normalized spacial score (nSPS) is 12.5. The van der Waals surface area contributed by atoms with Crippen molar-refractivity contribution in [3.05, 3.63) is 30.1 Å². The molecule has 144 valence electrons. The molecule has 0 atom stereocenters. The first-order chi connectivity index (χ1) is 12.6. The fourth-order valence-electron chi connectivity index (χ4n) is 2.59.